The summed E-state index contributed by atoms with van der Waals surface area (Å²) in [6, 6.07) is 22.1. The monoisotopic (exact) mass is 496 g/mol. The second-order valence-electron chi connectivity index (χ2n) is 9.25. The third-order valence-electron chi connectivity index (χ3n) is 6.89. The van der Waals surface area contributed by atoms with Crippen molar-refractivity contribution in [2.24, 2.45) is 11.5 Å². The third-order valence-corrected chi connectivity index (χ3v) is 11.0. The van der Waals surface area contributed by atoms with Crippen LogP contribution in [0, 0.1) is 17.7 Å². The predicted octanol–water partition coefficient (Wildman–Crippen LogP) is 3.93. The molecule has 5 rings (SSSR count). The average Bonchev–Trinajstić information content (AvgIpc) is 3.18. The number of nitrogens with one attached hydrogen (secondary N) is 1. The Bertz CT molecular complexity index is 1170. The number of benzene rings is 3. The zero-order valence-corrected chi connectivity index (χ0v) is 20.5. The molecule has 3 unspecified atom stereocenters. The van der Waals surface area contributed by atoms with Crippen LogP contribution in [0.2, 0.25) is 0 Å². The highest BCUT2D eigenvalue weighted by molar-refractivity contribution is 8.32. The van der Waals surface area contributed by atoms with Gasteiger partial charge in [0.15, 0.2) is 0 Å². The van der Waals surface area contributed by atoms with Crippen LogP contribution in [0.15, 0.2) is 71.6 Å². The molecule has 3 atom stereocenters. The fourth-order valence-electron chi connectivity index (χ4n) is 5.18. The molecule has 0 aromatic heterocycles. The van der Waals surface area contributed by atoms with Crippen LogP contribution in [0.5, 0.6) is 0 Å². The number of halogens is 2. The molecule has 2 heterocycles. The van der Waals surface area contributed by atoms with Gasteiger partial charge in [-0.2, -0.15) is 0 Å². The van der Waals surface area contributed by atoms with Gasteiger partial charge in [0, 0.05) is 61.5 Å². The summed E-state index contributed by atoms with van der Waals surface area (Å²) in [5.41, 5.74) is 16.0. The van der Waals surface area contributed by atoms with Gasteiger partial charge in [0.05, 0.1) is 11.6 Å². The van der Waals surface area contributed by atoms with Crippen LogP contribution in [0.3, 0.4) is 0 Å². The molecule has 1 radical (unpaired) electrons. The Morgan fingerprint density at radius 3 is 2.23 bits per heavy atom. The molecule has 1 fully saturated rings. The number of hydrogen-bond donors (Lipinski definition) is 3. The molecule has 185 valence electrons. The Kier molecular flexibility index (Phi) is 7.09. The topological polar surface area (TPSA) is 70.5 Å². The van der Waals surface area contributed by atoms with Gasteiger partial charge in [-0.15, -0.1) is 10.2 Å². The number of hydrogen-bond acceptors (Lipinski definition) is 5. The lowest BCUT2D eigenvalue weighted by atomic mass is 10.1. The van der Waals surface area contributed by atoms with Crippen molar-refractivity contribution in [3.8, 4) is 0 Å². The average molecular weight is 497 g/mol. The molecule has 2 aliphatic heterocycles. The van der Waals surface area contributed by atoms with E-state index in [1.165, 1.54) is 23.1 Å². The van der Waals surface area contributed by atoms with E-state index in [-0.39, 0.29) is 23.7 Å². The van der Waals surface area contributed by atoms with Crippen LogP contribution in [0.25, 0.3) is 0 Å². The van der Waals surface area contributed by atoms with Crippen LogP contribution < -0.4 is 21.7 Å². The fraction of sp³-hybridized carbons (Fsp3) is 0.333. The normalized spacial score (nSPS) is 23.9. The van der Waals surface area contributed by atoms with Gasteiger partial charge < -0.3 is 21.7 Å². The van der Waals surface area contributed by atoms with Crippen molar-refractivity contribution in [1.29, 1.82) is 0 Å². The predicted molar refractivity (Wildman–Crippen MR) is 139 cm³/mol. The Balaban J connectivity index is 1.50. The Hall–Kier alpha value is -2.49. The van der Waals surface area contributed by atoms with Gasteiger partial charge in [0.2, 0.25) is 0 Å². The number of nitrogens with zero attached hydrogens (tertiary/aromatic N) is 2. The van der Waals surface area contributed by atoms with Crippen molar-refractivity contribution >= 4 is 15.9 Å². The van der Waals surface area contributed by atoms with E-state index in [0.717, 1.165) is 48.9 Å². The molecule has 5 nitrogen and oxygen atoms in total. The molecule has 0 aliphatic carbocycles. The summed E-state index contributed by atoms with van der Waals surface area (Å²) in [5, 5.41) is 3.46. The van der Waals surface area contributed by atoms with E-state index in [4.69, 9.17) is 11.5 Å². The number of anilines is 1. The SMILES string of the molecule is NC(CN1CS(CC(N)c2cccc(F)c2)(N2CCNCC2)c2ccc[c]c21)c1cccc(F)c1. The molecule has 8 heteroatoms. The van der Waals surface area contributed by atoms with Crippen molar-refractivity contribution in [2.45, 2.75) is 17.0 Å². The number of piperazine rings is 1. The minimum Gasteiger partial charge on any atom is -0.359 e. The van der Waals surface area contributed by atoms with Crippen molar-refractivity contribution in [3.63, 3.8) is 0 Å². The largest absolute Gasteiger partial charge is 0.359 e. The van der Waals surface area contributed by atoms with Gasteiger partial charge in [0.1, 0.15) is 11.6 Å². The second kappa shape index (κ2) is 10.2. The highest BCUT2D eigenvalue weighted by Gasteiger charge is 2.44. The zero-order chi connectivity index (χ0) is 24.4. The molecular formula is C27H32F2N5S. The van der Waals surface area contributed by atoms with Crippen LogP contribution in [0.4, 0.5) is 14.5 Å². The van der Waals surface area contributed by atoms with Gasteiger partial charge in [-0.1, -0.05) is 36.4 Å². The Labute approximate surface area is 207 Å². The first-order valence-electron chi connectivity index (χ1n) is 12.0. The van der Waals surface area contributed by atoms with Crippen LogP contribution in [0.1, 0.15) is 23.2 Å². The summed E-state index contributed by atoms with van der Waals surface area (Å²) in [6.07, 6.45) is 0. The van der Waals surface area contributed by atoms with E-state index in [1.54, 1.807) is 18.2 Å². The maximum atomic E-state index is 14.0. The zero-order valence-electron chi connectivity index (χ0n) is 19.7. The second-order valence-corrected chi connectivity index (χ2v) is 12.5. The molecule has 3 aromatic carbocycles. The molecule has 3 aromatic rings. The number of rotatable bonds is 7. The molecule has 1 saturated heterocycles. The van der Waals surface area contributed by atoms with Crippen molar-refractivity contribution in [2.75, 3.05) is 49.3 Å². The Morgan fingerprint density at radius 2 is 1.57 bits per heavy atom. The first-order valence-corrected chi connectivity index (χ1v) is 13.9. The van der Waals surface area contributed by atoms with Gasteiger partial charge in [0.25, 0.3) is 0 Å². The van der Waals surface area contributed by atoms with E-state index < -0.39 is 10.2 Å². The Morgan fingerprint density at radius 1 is 0.914 bits per heavy atom. The summed E-state index contributed by atoms with van der Waals surface area (Å²) in [5.74, 6) is 0.933. The fourth-order valence-corrected chi connectivity index (χ4v) is 9.55. The summed E-state index contributed by atoms with van der Waals surface area (Å²) < 4.78 is 30.4. The van der Waals surface area contributed by atoms with E-state index in [2.05, 4.69) is 26.7 Å². The molecule has 2 aliphatic rings. The molecule has 0 spiro atoms. The number of para-hydroxylation sites is 1. The van der Waals surface area contributed by atoms with E-state index >= 15 is 0 Å². The first kappa shape index (κ1) is 24.2. The third kappa shape index (κ3) is 4.94. The first-order chi connectivity index (χ1) is 17.0. The number of nitrogens with two attached hydrogens (primary N) is 2. The molecule has 5 N–H and O–H groups in total. The quantitative estimate of drug-likeness (QED) is 0.463. The highest BCUT2D eigenvalue weighted by atomic mass is 32.3. The minimum absolute atomic E-state index is 0.271. The van der Waals surface area contributed by atoms with Crippen LogP contribution in [-0.2, 0) is 0 Å². The van der Waals surface area contributed by atoms with Crippen LogP contribution >= 0.6 is 10.2 Å². The van der Waals surface area contributed by atoms with Gasteiger partial charge in [-0.25, -0.2) is 8.78 Å². The highest BCUT2D eigenvalue weighted by Crippen LogP contribution is 2.67. The smallest absolute Gasteiger partial charge is 0.123 e. The van der Waals surface area contributed by atoms with E-state index in [0.29, 0.717) is 12.3 Å². The van der Waals surface area contributed by atoms with Crippen molar-refractivity contribution in [3.05, 3.63) is 95.6 Å². The van der Waals surface area contributed by atoms with Gasteiger partial charge >= 0.3 is 0 Å². The molecule has 0 saturated carbocycles. The lowest BCUT2D eigenvalue weighted by Crippen LogP contribution is -2.47. The summed E-state index contributed by atoms with van der Waals surface area (Å²) in [7, 11) is -1.56. The van der Waals surface area contributed by atoms with Crippen LogP contribution in [-0.4, -0.2) is 48.7 Å². The van der Waals surface area contributed by atoms with E-state index in [1.807, 2.05) is 24.3 Å². The van der Waals surface area contributed by atoms with Crippen molar-refractivity contribution < 1.29 is 8.78 Å². The number of fused-ring (bicyclic) bond motifs is 1. The summed E-state index contributed by atoms with van der Waals surface area (Å²) in [4.78, 5) is 3.54. The molecule has 0 amide bonds. The maximum absolute atomic E-state index is 14.0. The van der Waals surface area contributed by atoms with Gasteiger partial charge in [-0.05, 0) is 41.5 Å². The summed E-state index contributed by atoms with van der Waals surface area (Å²) >= 11 is 0. The molecule has 0 bridgehead atoms. The van der Waals surface area contributed by atoms with Gasteiger partial charge in [-0.3, -0.25) is 4.31 Å². The lowest BCUT2D eigenvalue weighted by Gasteiger charge is -2.49. The molecule has 35 heavy (non-hydrogen) atoms. The minimum atomic E-state index is -1.56. The van der Waals surface area contributed by atoms with E-state index in [9.17, 15) is 8.78 Å². The lowest BCUT2D eigenvalue weighted by molar-refractivity contribution is 0.385. The maximum Gasteiger partial charge on any atom is 0.123 e. The molecular weight excluding hydrogens is 464 g/mol. The summed E-state index contributed by atoms with van der Waals surface area (Å²) in [6.45, 7) is 4.22. The standard InChI is InChI=1S/C27H32F2N5S/c28-22-7-3-5-20(15-22)24(30)17-33-19-35(34-13-11-32-12-14-34,27-10-2-1-9-26(27)33)18-25(31)21-6-4-8-23(29)16-21/h1-8,10,15-16,24-25,32H,11-14,17-19,30-31H2. The van der Waals surface area contributed by atoms with Crippen molar-refractivity contribution in [1.82, 2.24) is 9.62 Å².